The van der Waals surface area contributed by atoms with Crippen molar-refractivity contribution in [2.75, 3.05) is 19.0 Å². The van der Waals surface area contributed by atoms with Crippen molar-refractivity contribution in [2.24, 2.45) is 4.99 Å². The summed E-state index contributed by atoms with van der Waals surface area (Å²) >= 11 is 0. The Morgan fingerprint density at radius 1 is 0.905 bits per heavy atom. The Labute approximate surface area is 124 Å². The molecule has 0 bridgehead atoms. The molecule has 0 aliphatic heterocycles. The predicted molar refractivity (Wildman–Crippen MR) is 89.8 cm³/mol. The molecule has 0 aliphatic carbocycles. The van der Waals surface area contributed by atoms with Gasteiger partial charge in [0.25, 0.3) is 0 Å². The largest absolute Gasteiger partial charge is 0.378 e. The highest BCUT2D eigenvalue weighted by molar-refractivity contribution is 5.86. The number of benzene rings is 2. The van der Waals surface area contributed by atoms with Crippen molar-refractivity contribution in [2.45, 2.75) is 0 Å². The fourth-order valence-electron chi connectivity index (χ4n) is 2.13. The third kappa shape index (κ3) is 3.08. The highest BCUT2D eigenvalue weighted by atomic mass is 15.1. The summed E-state index contributed by atoms with van der Waals surface area (Å²) in [4.78, 5) is 11.1. The maximum atomic E-state index is 4.58. The molecule has 2 aromatic carbocycles. The molecule has 0 radical (unpaired) electrons. The van der Waals surface area contributed by atoms with E-state index in [9.17, 15) is 0 Å². The van der Waals surface area contributed by atoms with E-state index in [2.05, 4.69) is 39.1 Å². The second-order valence-electron chi connectivity index (χ2n) is 5.10. The summed E-state index contributed by atoms with van der Waals surface area (Å²) in [5.41, 5.74) is 3.95. The van der Waals surface area contributed by atoms with E-state index in [0.29, 0.717) is 0 Å². The number of hydrogen-bond acceptors (Lipinski definition) is 3. The van der Waals surface area contributed by atoms with E-state index >= 15 is 0 Å². The quantitative estimate of drug-likeness (QED) is 0.675. The molecule has 3 heteroatoms. The van der Waals surface area contributed by atoms with E-state index in [1.807, 2.05) is 50.5 Å². The molecular formula is C18H17N3. The van der Waals surface area contributed by atoms with Gasteiger partial charge in [-0.25, -0.2) is 4.98 Å². The van der Waals surface area contributed by atoms with Crippen LogP contribution in [0, 0.1) is 0 Å². The summed E-state index contributed by atoms with van der Waals surface area (Å²) < 4.78 is 0. The fraction of sp³-hybridized carbons (Fsp3) is 0.111. The second-order valence-corrected chi connectivity index (χ2v) is 5.10. The standard InChI is InChI=1S/C18H17N3/c1-21(2)17-11-9-15(10-12-17)19-13-16-8-7-14-5-3-4-6-18(14)20-16/h3-13H,1-2H3. The van der Waals surface area contributed by atoms with Crippen molar-refractivity contribution in [1.82, 2.24) is 4.98 Å². The van der Waals surface area contributed by atoms with E-state index in [1.54, 1.807) is 6.21 Å². The molecule has 1 heterocycles. The molecule has 0 spiro atoms. The van der Waals surface area contributed by atoms with Gasteiger partial charge in [-0.1, -0.05) is 24.3 Å². The summed E-state index contributed by atoms with van der Waals surface area (Å²) in [6.07, 6.45) is 1.80. The molecule has 0 saturated heterocycles. The van der Waals surface area contributed by atoms with Crippen molar-refractivity contribution in [3.05, 3.63) is 66.4 Å². The topological polar surface area (TPSA) is 28.5 Å². The lowest BCUT2D eigenvalue weighted by Crippen LogP contribution is -2.07. The number of nitrogens with zero attached hydrogens (tertiary/aromatic N) is 3. The molecular weight excluding hydrogens is 258 g/mol. The van der Waals surface area contributed by atoms with Crippen LogP contribution in [0.2, 0.25) is 0 Å². The first kappa shape index (κ1) is 13.3. The molecule has 0 unspecified atom stereocenters. The van der Waals surface area contributed by atoms with Crippen LogP contribution in [0.25, 0.3) is 10.9 Å². The molecule has 3 rings (SSSR count). The Balaban J connectivity index is 1.83. The Bertz CT molecular complexity index is 774. The van der Waals surface area contributed by atoms with Gasteiger partial charge in [0.2, 0.25) is 0 Å². The number of aliphatic imine (C=N–C) groups is 1. The summed E-state index contributed by atoms with van der Waals surface area (Å²) in [6.45, 7) is 0. The molecule has 0 atom stereocenters. The van der Waals surface area contributed by atoms with Gasteiger partial charge in [-0.2, -0.15) is 0 Å². The minimum Gasteiger partial charge on any atom is -0.378 e. The zero-order valence-corrected chi connectivity index (χ0v) is 12.2. The number of aromatic nitrogens is 1. The SMILES string of the molecule is CN(C)c1ccc(N=Cc2ccc3ccccc3n2)cc1. The summed E-state index contributed by atoms with van der Waals surface area (Å²) in [7, 11) is 4.05. The van der Waals surface area contributed by atoms with Crippen LogP contribution in [-0.2, 0) is 0 Å². The minimum atomic E-state index is 0.866. The van der Waals surface area contributed by atoms with E-state index in [4.69, 9.17) is 0 Å². The van der Waals surface area contributed by atoms with Crippen LogP contribution in [0.5, 0.6) is 0 Å². The van der Waals surface area contributed by atoms with Gasteiger partial charge in [0.1, 0.15) is 0 Å². The van der Waals surface area contributed by atoms with Gasteiger partial charge in [-0.15, -0.1) is 0 Å². The average Bonchev–Trinajstić information content (AvgIpc) is 2.53. The maximum absolute atomic E-state index is 4.58. The molecule has 0 amide bonds. The zero-order valence-electron chi connectivity index (χ0n) is 12.2. The van der Waals surface area contributed by atoms with E-state index in [1.165, 1.54) is 0 Å². The minimum absolute atomic E-state index is 0.866. The third-order valence-electron chi connectivity index (χ3n) is 3.33. The van der Waals surface area contributed by atoms with Gasteiger partial charge < -0.3 is 4.90 Å². The normalized spacial score (nSPS) is 11.1. The fourth-order valence-corrected chi connectivity index (χ4v) is 2.13. The van der Waals surface area contributed by atoms with Gasteiger partial charge >= 0.3 is 0 Å². The maximum Gasteiger partial charge on any atom is 0.0820 e. The monoisotopic (exact) mass is 275 g/mol. The van der Waals surface area contributed by atoms with E-state index in [-0.39, 0.29) is 0 Å². The number of para-hydroxylation sites is 1. The van der Waals surface area contributed by atoms with Crippen molar-refractivity contribution in [3.63, 3.8) is 0 Å². The molecule has 0 saturated carbocycles. The van der Waals surface area contributed by atoms with Crippen LogP contribution in [-0.4, -0.2) is 25.3 Å². The van der Waals surface area contributed by atoms with Gasteiger partial charge in [-0.3, -0.25) is 4.99 Å². The Morgan fingerprint density at radius 2 is 1.67 bits per heavy atom. The van der Waals surface area contributed by atoms with Crippen LogP contribution >= 0.6 is 0 Å². The lowest BCUT2D eigenvalue weighted by Gasteiger charge is -2.11. The van der Waals surface area contributed by atoms with Crippen molar-refractivity contribution >= 4 is 28.5 Å². The van der Waals surface area contributed by atoms with Crippen molar-refractivity contribution < 1.29 is 0 Å². The summed E-state index contributed by atoms with van der Waals surface area (Å²) in [6, 6.07) is 20.3. The highest BCUT2D eigenvalue weighted by Crippen LogP contribution is 2.18. The molecule has 0 N–H and O–H groups in total. The molecule has 104 valence electrons. The number of hydrogen-bond donors (Lipinski definition) is 0. The lowest BCUT2D eigenvalue weighted by molar-refractivity contribution is 1.13. The number of rotatable bonds is 3. The Kier molecular flexibility index (Phi) is 3.65. The smallest absolute Gasteiger partial charge is 0.0820 e. The molecule has 1 aromatic heterocycles. The van der Waals surface area contributed by atoms with Crippen molar-refractivity contribution in [3.8, 4) is 0 Å². The van der Waals surface area contributed by atoms with Gasteiger partial charge in [0.15, 0.2) is 0 Å². The summed E-state index contributed by atoms with van der Waals surface area (Å²) in [5.74, 6) is 0. The first-order valence-electron chi connectivity index (χ1n) is 6.90. The molecule has 21 heavy (non-hydrogen) atoms. The van der Waals surface area contributed by atoms with Crippen LogP contribution in [0.1, 0.15) is 5.69 Å². The first-order valence-corrected chi connectivity index (χ1v) is 6.90. The number of anilines is 1. The molecule has 0 aliphatic rings. The van der Waals surface area contributed by atoms with Crippen LogP contribution in [0.3, 0.4) is 0 Å². The third-order valence-corrected chi connectivity index (χ3v) is 3.33. The van der Waals surface area contributed by atoms with Crippen LogP contribution in [0.15, 0.2) is 65.7 Å². The van der Waals surface area contributed by atoms with Crippen LogP contribution in [0.4, 0.5) is 11.4 Å². The number of fused-ring (bicyclic) bond motifs is 1. The predicted octanol–water partition coefficient (Wildman–Crippen LogP) is 4.05. The second kappa shape index (κ2) is 5.75. The Morgan fingerprint density at radius 3 is 2.43 bits per heavy atom. The summed E-state index contributed by atoms with van der Waals surface area (Å²) in [5, 5.41) is 1.14. The van der Waals surface area contributed by atoms with E-state index < -0.39 is 0 Å². The average molecular weight is 275 g/mol. The van der Waals surface area contributed by atoms with E-state index in [0.717, 1.165) is 28.0 Å². The molecule has 3 aromatic rings. The van der Waals surface area contributed by atoms with Gasteiger partial charge in [0, 0.05) is 25.2 Å². The first-order chi connectivity index (χ1) is 10.2. The molecule has 3 nitrogen and oxygen atoms in total. The molecule has 0 fully saturated rings. The van der Waals surface area contributed by atoms with Crippen molar-refractivity contribution in [1.29, 1.82) is 0 Å². The lowest BCUT2D eigenvalue weighted by atomic mass is 10.2. The zero-order chi connectivity index (χ0) is 14.7. The Hall–Kier alpha value is -2.68. The van der Waals surface area contributed by atoms with Crippen LogP contribution < -0.4 is 4.90 Å². The number of pyridine rings is 1. The van der Waals surface area contributed by atoms with Gasteiger partial charge in [-0.05, 0) is 36.4 Å². The highest BCUT2D eigenvalue weighted by Gasteiger charge is 1.96. The van der Waals surface area contributed by atoms with Gasteiger partial charge in [0.05, 0.1) is 23.1 Å².